The van der Waals surface area contributed by atoms with Crippen LogP contribution in [0.4, 0.5) is 50.9 Å². The summed E-state index contributed by atoms with van der Waals surface area (Å²) in [7, 11) is -8.32. The summed E-state index contributed by atoms with van der Waals surface area (Å²) in [5.74, 6) is -3.89. The van der Waals surface area contributed by atoms with Crippen molar-refractivity contribution in [3.05, 3.63) is 107 Å². The summed E-state index contributed by atoms with van der Waals surface area (Å²) >= 11 is 0. The van der Waals surface area contributed by atoms with Crippen LogP contribution in [0.1, 0.15) is 16.7 Å². The number of anilines is 2. The molecule has 4 aromatic rings. The van der Waals surface area contributed by atoms with E-state index in [0.29, 0.717) is 17.2 Å². The summed E-state index contributed by atoms with van der Waals surface area (Å²) in [5.41, 5.74) is -1.77. The van der Waals surface area contributed by atoms with Crippen molar-refractivity contribution in [2.45, 2.75) is 19.3 Å². The zero-order valence-corrected chi connectivity index (χ0v) is 24.6. The number of hydrogen-bond donors (Lipinski definition) is 4. The Morgan fingerprint density at radius 2 is 1.02 bits per heavy atom. The van der Waals surface area contributed by atoms with E-state index in [-0.39, 0.29) is 22.4 Å². The van der Waals surface area contributed by atoms with E-state index >= 15 is 0 Å². The Hall–Kier alpha value is -4.33. The van der Waals surface area contributed by atoms with Crippen LogP contribution < -0.4 is 19.7 Å². The summed E-state index contributed by atoms with van der Waals surface area (Å²) in [6.45, 7) is 1.58. The molecule has 19 heteroatoms. The van der Waals surface area contributed by atoms with Gasteiger partial charge >= 0.3 is 12.4 Å². The molecule has 0 spiro atoms. The minimum absolute atomic E-state index is 0.0614. The molecule has 8 nitrogen and oxygen atoms in total. The van der Waals surface area contributed by atoms with Gasteiger partial charge in [0.2, 0.25) is 0 Å². The van der Waals surface area contributed by atoms with Crippen molar-refractivity contribution < 1.29 is 56.3 Å². The van der Waals surface area contributed by atoms with Gasteiger partial charge in [-0.05, 0) is 83.3 Å². The highest BCUT2D eigenvalue weighted by Crippen LogP contribution is 2.35. The molecule has 0 atom stereocenters. The first-order chi connectivity index (χ1) is 20.9. The summed E-state index contributed by atoms with van der Waals surface area (Å²) in [6.07, 6.45) is -9.29. The third-order valence-corrected chi connectivity index (χ3v) is 6.91. The molecule has 0 heterocycles. The van der Waals surface area contributed by atoms with Crippen LogP contribution in [0.2, 0.25) is 0 Å². The van der Waals surface area contributed by atoms with E-state index in [1.54, 1.807) is 6.92 Å². The van der Waals surface area contributed by atoms with Gasteiger partial charge in [0.05, 0.1) is 16.8 Å². The number of hydrogen-bond acceptors (Lipinski definition) is 4. The van der Waals surface area contributed by atoms with E-state index in [1.807, 2.05) is 0 Å². The lowest BCUT2D eigenvalue weighted by Gasteiger charge is -2.12. The molecule has 0 saturated carbocycles. The van der Waals surface area contributed by atoms with Crippen molar-refractivity contribution in [1.82, 2.24) is 0 Å². The number of aryl methyl sites for hydroxylation is 1. The lowest BCUT2D eigenvalue weighted by Crippen LogP contribution is -2.23. The summed E-state index contributed by atoms with van der Waals surface area (Å²) in [5, 5.41) is 9.50. The highest BCUT2D eigenvalue weighted by atomic mass is 32.2. The van der Waals surface area contributed by atoms with E-state index in [9.17, 15) is 56.3 Å². The number of benzene rings is 4. The molecule has 0 aromatic heterocycles. The molecule has 4 aromatic carbocycles. The highest BCUT2D eigenvalue weighted by Gasteiger charge is 2.34. The molecule has 0 bridgehead atoms. The maximum Gasteiger partial charge on any atom is 0.419 e. The van der Waals surface area contributed by atoms with Gasteiger partial charge in [-0.25, -0.2) is 23.4 Å². The fraction of sp³-hybridized carbons (Fsp3) is 0.111. The lowest BCUT2D eigenvalue weighted by molar-refractivity contribution is -0.140. The van der Waals surface area contributed by atoms with Crippen LogP contribution in [0, 0.1) is 24.4 Å². The number of nitrogens with one attached hydrogen (secondary N) is 2. The second-order valence-electron chi connectivity index (χ2n) is 9.41. The molecule has 46 heavy (non-hydrogen) atoms. The molecule has 0 aliphatic rings. The molecule has 0 saturated heterocycles. The SMILES string of the molecule is Cc1cc(-c2ccc(C(F)(F)F)c(F)c2)ccc1NS(N)(=O)=O.NS(=O)(=O)Nc1c(F)cc(-c2ccc(C(F)(F)F)cc2)cc1F. The quantitative estimate of drug-likeness (QED) is 0.166. The smallest absolute Gasteiger partial charge is 0.271 e. The molecular formula is C27H21F9N4O4S2. The monoisotopic (exact) mass is 700 g/mol. The van der Waals surface area contributed by atoms with Crippen LogP contribution in [-0.2, 0) is 32.8 Å². The topological polar surface area (TPSA) is 144 Å². The van der Waals surface area contributed by atoms with E-state index in [0.717, 1.165) is 48.5 Å². The van der Waals surface area contributed by atoms with Gasteiger partial charge in [0.25, 0.3) is 20.4 Å². The molecular weight excluding hydrogens is 679 g/mol. The summed E-state index contributed by atoms with van der Waals surface area (Å²) < 4.78 is 163. The Morgan fingerprint density at radius 3 is 1.46 bits per heavy atom. The first-order valence-electron chi connectivity index (χ1n) is 12.2. The molecule has 6 N–H and O–H groups in total. The largest absolute Gasteiger partial charge is 0.419 e. The highest BCUT2D eigenvalue weighted by molar-refractivity contribution is 7.90. The van der Waals surface area contributed by atoms with Crippen molar-refractivity contribution in [1.29, 1.82) is 0 Å². The predicted octanol–water partition coefficient (Wildman–Crippen LogP) is 6.70. The van der Waals surface area contributed by atoms with E-state index in [4.69, 9.17) is 5.14 Å². The number of nitrogens with two attached hydrogens (primary N) is 2. The van der Waals surface area contributed by atoms with Crippen molar-refractivity contribution in [2.24, 2.45) is 10.3 Å². The van der Waals surface area contributed by atoms with E-state index < -0.39 is 67.0 Å². The molecule has 0 amide bonds. The van der Waals surface area contributed by atoms with Crippen molar-refractivity contribution >= 4 is 31.8 Å². The van der Waals surface area contributed by atoms with Gasteiger partial charge in [0.1, 0.15) is 11.5 Å². The van der Waals surface area contributed by atoms with Crippen LogP contribution >= 0.6 is 0 Å². The third-order valence-electron chi connectivity index (χ3n) is 5.92. The molecule has 4 rings (SSSR count). The molecule has 0 fully saturated rings. The minimum atomic E-state index is -4.76. The first kappa shape index (κ1) is 36.1. The summed E-state index contributed by atoms with van der Waals surface area (Å²) in [6, 6.07) is 12.1. The molecule has 0 radical (unpaired) electrons. The Kier molecular flexibility index (Phi) is 10.4. The Bertz CT molecular complexity index is 1940. The van der Waals surface area contributed by atoms with Gasteiger partial charge in [0, 0.05) is 0 Å². The first-order valence-corrected chi connectivity index (χ1v) is 15.3. The number of halogens is 9. The number of rotatable bonds is 6. The fourth-order valence-corrected chi connectivity index (χ4v) is 4.88. The average Bonchev–Trinajstić information content (AvgIpc) is 2.90. The van der Waals surface area contributed by atoms with Gasteiger partial charge in [-0.1, -0.05) is 24.3 Å². The van der Waals surface area contributed by atoms with E-state index in [2.05, 4.69) is 9.86 Å². The Morgan fingerprint density at radius 1 is 0.565 bits per heavy atom. The Balaban J connectivity index is 0.000000250. The van der Waals surface area contributed by atoms with E-state index in [1.165, 1.54) is 22.9 Å². The van der Waals surface area contributed by atoms with Crippen LogP contribution in [0.15, 0.2) is 72.8 Å². The van der Waals surface area contributed by atoms with Gasteiger partial charge in [0.15, 0.2) is 11.6 Å². The molecule has 0 aliphatic carbocycles. The lowest BCUT2D eigenvalue weighted by atomic mass is 10.0. The summed E-state index contributed by atoms with van der Waals surface area (Å²) in [4.78, 5) is 0. The molecule has 248 valence electrons. The maximum atomic E-state index is 13.8. The average molecular weight is 701 g/mol. The zero-order chi connectivity index (χ0) is 34.8. The minimum Gasteiger partial charge on any atom is -0.271 e. The second kappa shape index (κ2) is 13.2. The van der Waals surface area contributed by atoms with Crippen LogP contribution in [0.3, 0.4) is 0 Å². The van der Waals surface area contributed by atoms with Gasteiger partial charge in [-0.3, -0.25) is 9.44 Å². The van der Waals surface area contributed by atoms with Gasteiger partial charge in [-0.2, -0.15) is 43.2 Å². The second-order valence-corrected chi connectivity index (χ2v) is 12.0. The number of alkyl halides is 6. The standard InChI is InChI=1S/C14H12F4N2O2S.C13H9F5N2O2S/c1-8-6-9(3-5-13(8)20-23(19,21)22)10-2-4-11(12(15)7-10)14(16,17)18;14-10-5-8(6-11(15)12(10)20-23(19,21)22)7-1-3-9(4-2-7)13(16,17)18/h2-7,20H,1H3,(H2,19,21,22);1-6,20H,(H2,19,21,22). The van der Waals surface area contributed by atoms with Gasteiger partial charge < -0.3 is 0 Å². The van der Waals surface area contributed by atoms with Crippen molar-refractivity contribution in [3.63, 3.8) is 0 Å². The van der Waals surface area contributed by atoms with Crippen LogP contribution in [0.25, 0.3) is 22.3 Å². The Labute approximate surface area is 256 Å². The fourth-order valence-electron chi connectivity index (χ4n) is 3.87. The van der Waals surface area contributed by atoms with Crippen molar-refractivity contribution in [3.8, 4) is 22.3 Å². The predicted molar refractivity (Wildman–Crippen MR) is 152 cm³/mol. The van der Waals surface area contributed by atoms with Crippen molar-refractivity contribution in [2.75, 3.05) is 9.44 Å². The van der Waals surface area contributed by atoms with Crippen LogP contribution in [-0.4, -0.2) is 16.8 Å². The zero-order valence-electron chi connectivity index (χ0n) is 22.9. The molecule has 0 unspecified atom stereocenters. The van der Waals surface area contributed by atoms with Gasteiger partial charge in [-0.15, -0.1) is 0 Å². The van der Waals surface area contributed by atoms with Crippen LogP contribution in [0.5, 0.6) is 0 Å². The normalized spacial score (nSPS) is 12.3. The maximum absolute atomic E-state index is 13.8. The third kappa shape index (κ3) is 9.83. The molecule has 0 aliphatic heterocycles.